The molecule has 0 saturated heterocycles. The minimum absolute atomic E-state index is 0.0206. The lowest BCUT2D eigenvalue weighted by molar-refractivity contribution is 0.249. The Hall–Kier alpha value is -1.79. The zero-order valence-electron chi connectivity index (χ0n) is 14.5. The number of hydrogen-bond donors (Lipinski definition) is 1. The number of nitrogens with zero attached hydrogens (tertiary/aromatic N) is 2. The average Bonchev–Trinajstić information content (AvgIpc) is 2.65. The van der Waals surface area contributed by atoms with Gasteiger partial charge < -0.3 is 14.6 Å². The summed E-state index contributed by atoms with van der Waals surface area (Å²) in [6.45, 7) is 4.31. The Morgan fingerprint density at radius 1 is 1.12 bits per heavy atom. The molecule has 2 unspecified atom stereocenters. The van der Waals surface area contributed by atoms with Crippen LogP contribution in [0.4, 0.5) is 0 Å². The normalized spacial score (nSPS) is 14.7. The number of methoxy groups -OCH3 is 2. The predicted octanol–water partition coefficient (Wildman–Crippen LogP) is 3.31. The van der Waals surface area contributed by atoms with Gasteiger partial charge in [-0.25, -0.2) is 0 Å². The van der Waals surface area contributed by atoms with Crippen LogP contribution in [0, 0.1) is 0 Å². The third-order valence-electron chi connectivity index (χ3n) is 4.37. The predicted molar refractivity (Wildman–Crippen MR) is 96.0 cm³/mol. The van der Waals surface area contributed by atoms with Crippen molar-refractivity contribution < 1.29 is 14.6 Å². The zero-order chi connectivity index (χ0) is 17.6. The Morgan fingerprint density at radius 2 is 1.71 bits per heavy atom. The van der Waals surface area contributed by atoms with Crippen molar-refractivity contribution in [1.82, 2.24) is 9.97 Å². The zero-order valence-corrected chi connectivity index (χ0v) is 15.3. The molecule has 0 aliphatic heterocycles. The summed E-state index contributed by atoms with van der Waals surface area (Å²) in [6, 6.07) is 11.9. The molecule has 1 aromatic heterocycles. The second-order valence-corrected chi connectivity index (χ2v) is 6.83. The molecule has 0 radical (unpaired) electrons. The average molecular weight is 348 g/mol. The van der Waals surface area contributed by atoms with E-state index in [1.165, 1.54) is 17.3 Å². The Balaban J connectivity index is 2.34. The molecule has 0 bridgehead atoms. The standard InChI is InChI=1S/C18H24N2O3S/c1-5-18(2,13-9-7-6-8-10-13)14(12-21)24-17-19-15(22-3)11-16(20-17)23-4/h6-11,14,21H,5,12H2,1-4H3. The van der Waals surface area contributed by atoms with Gasteiger partial charge in [0.2, 0.25) is 11.8 Å². The SMILES string of the molecule is CCC(C)(c1ccccc1)C(CO)Sc1nc(OC)cc(OC)n1. The topological polar surface area (TPSA) is 64.5 Å². The maximum atomic E-state index is 10.0. The first-order valence-corrected chi connectivity index (χ1v) is 8.75. The number of rotatable bonds is 8. The van der Waals surface area contributed by atoms with Crippen LogP contribution in [0.15, 0.2) is 41.6 Å². The molecule has 2 atom stereocenters. The quantitative estimate of drug-likeness (QED) is 0.583. The monoisotopic (exact) mass is 348 g/mol. The number of thioether (sulfide) groups is 1. The summed E-state index contributed by atoms with van der Waals surface area (Å²) in [7, 11) is 3.11. The van der Waals surface area contributed by atoms with Crippen LogP contribution in [0.2, 0.25) is 0 Å². The molecule has 0 amide bonds. The first kappa shape index (κ1) is 18.5. The minimum atomic E-state index is -0.208. The summed E-state index contributed by atoms with van der Waals surface area (Å²) in [4.78, 5) is 8.74. The minimum Gasteiger partial charge on any atom is -0.481 e. The van der Waals surface area contributed by atoms with Crippen LogP contribution in [0.1, 0.15) is 25.8 Å². The fourth-order valence-corrected chi connectivity index (χ4v) is 3.76. The van der Waals surface area contributed by atoms with Crippen molar-refractivity contribution >= 4 is 11.8 Å². The number of aliphatic hydroxyl groups is 1. The van der Waals surface area contributed by atoms with Gasteiger partial charge in [0.25, 0.3) is 0 Å². The van der Waals surface area contributed by atoms with Crippen LogP contribution < -0.4 is 9.47 Å². The number of aromatic nitrogens is 2. The molecule has 0 saturated carbocycles. The van der Waals surface area contributed by atoms with Gasteiger partial charge >= 0.3 is 0 Å². The van der Waals surface area contributed by atoms with Crippen LogP contribution in [0.5, 0.6) is 11.8 Å². The summed E-state index contributed by atoms with van der Waals surface area (Å²) >= 11 is 1.44. The second kappa shape index (κ2) is 8.35. The summed E-state index contributed by atoms with van der Waals surface area (Å²) < 4.78 is 10.4. The molecule has 5 nitrogen and oxygen atoms in total. The molecule has 0 spiro atoms. The van der Waals surface area contributed by atoms with E-state index in [-0.39, 0.29) is 17.3 Å². The highest BCUT2D eigenvalue weighted by Gasteiger charge is 2.35. The first-order chi connectivity index (χ1) is 11.6. The van der Waals surface area contributed by atoms with E-state index in [9.17, 15) is 5.11 Å². The lowest BCUT2D eigenvalue weighted by Crippen LogP contribution is -2.36. The first-order valence-electron chi connectivity index (χ1n) is 7.87. The lowest BCUT2D eigenvalue weighted by Gasteiger charge is -2.35. The van der Waals surface area contributed by atoms with E-state index in [1.807, 2.05) is 18.2 Å². The molecule has 1 aromatic carbocycles. The van der Waals surface area contributed by atoms with Gasteiger partial charge in [-0.3, -0.25) is 0 Å². The van der Waals surface area contributed by atoms with E-state index in [1.54, 1.807) is 20.3 Å². The van der Waals surface area contributed by atoms with Gasteiger partial charge in [-0.2, -0.15) is 9.97 Å². The van der Waals surface area contributed by atoms with Crippen molar-refractivity contribution in [2.24, 2.45) is 0 Å². The third kappa shape index (κ3) is 3.99. The number of aliphatic hydroxyl groups excluding tert-OH is 1. The Bertz CT molecular complexity index is 632. The van der Waals surface area contributed by atoms with Crippen molar-refractivity contribution in [3.63, 3.8) is 0 Å². The second-order valence-electron chi connectivity index (χ2n) is 5.66. The van der Waals surface area contributed by atoms with Gasteiger partial charge in [0.1, 0.15) is 0 Å². The maximum absolute atomic E-state index is 10.0. The molecule has 0 aliphatic carbocycles. The largest absolute Gasteiger partial charge is 0.481 e. The fourth-order valence-electron chi connectivity index (χ4n) is 2.58. The summed E-state index contributed by atoms with van der Waals surface area (Å²) in [5, 5.41) is 10.5. The fraction of sp³-hybridized carbons (Fsp3) is 0.444. The highest BCUT2D eigenvalue weighted by molar-refractivity contribution is 7.99. The van der Waals surface area contributed by atoms with Crippen molar-refractivity contribution in [3.05, 3.63) is 42.0 Å². The van der Waals surface area contributed by atoms with Crippen LogP contribution in [0.25, 0.3) is 0 Å². The van der Waals surface area contributed by atoms with E-state index in [4.69, 9.17) is 9.47 Å². The lowest BCUT2D eigenvalue weighted by atomic mass is 9.77. The maximum Gasteiger partial charge on any atom is 0.220 e. The van der Waals surface area contributed by atoms with E-state index in [2.05, 4.69) is 35.9 Å². The van der Waals surface area contributed by atoms with E-state index < -0.39 is 0 Å². The Morgan fingerprint density at radius 3 is 2.17 bits per heavy atom. The van der Waals surface area contributed by atoms with Crippen LogP contribution in [-0.4, -0.2) is 41.2 Å². The molecular formula is C18H24N2O3S. The molecule has 1 N–H and O–H groups in total. The smallest absolute Gasteiger partial charge is 0.220 e. The van der Waals surface area contributed by atoms with Gasteiger partial charge in [0.15, 0.2) is 5.16 Å². The summed E-state index contributed by atoms with van der Waals surface area (Å²) in [5.41, 5.74) is 0.981. The molecule has 1 heterocycles. The van der Waals surface area contributed by atoms with Crippen molar-refractivity contribution in [2.45, 2.75) is 36.1 Å². The van der Waals surface area contributed by atoms with Crippen molar-refractivity contribution in [3.8, 4) is 11.8 Å². The van der Waals surface area contributed by atoms with E-state index >= 15 is 0 Å². The molecular weight excluding hydrogens is 324 g/mol. The van der Waals surface area contributed by atoms with E-state index in [0.717, 1.165) is 6.42 Å². The molecule has 2 rings (SSSR count). The van der Waals surface area contributed by atoms with Crippen LogP contribution in [0.3, 0.4) is 0 Å². The van der Waals surface area contributed by atoms with Crippen molar-refractivity contribution in [2.75, 3.05) is 20.8 Å². The number of benzene rings is 1. The van der Waals surface area contributed by atoms with Gasteiger partial charge in [-0.15, -0.1) is 0 Å². The molecule has 6 heteroatoms. The van der Waals surface area contributed by atoms with Gasteiger partial charge in [0, 0.05) is 10.7 Å². The Kier molecular flexibility index (Phi) is 6.45. The molecule has 0 fully saturated rings. The molecule has 0 aliphatic rings. The van der Waals surface area contributed by atoms with Gasteiger partial charge in [-0.1, -0.05) is 55.9 Å². The van der Waals surface area contributed by atoms with Gasteiger partial charge in [0.05, 0.1) is 26.9 Å². The summed E-state index contributed by atoms with van der Waals surface area (Å²) in [5.74, 6) is 0.887. The molecule has 130 valence electrons. The summed E-state index contributed by atoms with van der Waals surface area (Å²) in [6.07, 6.45) is 0.885. The van der Waals surface area contributed by atoms with E-state index in [0.29, 0.717) is 16.9 Å². The number of hydrogen-bond acceptors (Lipinski definition) is 6. The highest BCUT2D eigenvalue weighted by Crippen LogP contribution is 2.40. The highest BCUT2D eigenvalue weighted by atomic mass is 32.2. The van der Waals surface area contributed by atoms with Gasteiger partial charge in [-0.05, 0) is 12.0 Å². The van der Waals surface area contributed by atoms with Crippen molar-refractivity contribution in [1.29, 1.82) is 0 Å². The molecule has 24 heavy (non-hydrogen) atoms. The number of ether oxygens (including phenoxy) is 2. The molecule has 2 aromatic rings. The Labute approximate surface area is 147 Å². The third-order valence-corrected chi connectivity index (χ3v) is 5.72. The van der Waals surface area contributed by atoms with Crippen LogP contribution >= 0.6 is 11.8 Å². The van der Waals surface area contributed by atoms with Crippen LogP contribution in [-0.2, 0) is 5.41 Å².